The van der Waals surface area contributed by atoms with E-state index in [0.29, 0.717) is 32.6 Å². The van der Waals surface area contributed by atoms with Crippen LogP contribution in [-0.2, 0) is 14.9 Å². The van der Waals surface area contributed by atoms with Gasteiger partial charge in [-0.05, 0) is 6.42 Å². The number of hydrogen-bond donors (Lipinski definition) is 3. The molecule has 0 aromatic heterocycles. The Morgan fingerprint density at radius 1 is 1.31 bits per heavy atom. The highest BCUT2D eigenvalue weighted by molar-refractivity contribution is 7.87. The molecule has 1 fully saturated rings. The van der Waals surface area contributed by atoms with Crippen molar-refractivity contribution in [1.82, 2.24) is 9.44 Å². The SMILES string of the molecule is CCCNS(=O)(=O)NCC1(O)CCOCC1. The van der Waals surface area contributed by atoms with Gasteiger partial charge in [0, 0.05) is 39.1 Å². The summed E-state index contributed by atoms with van der Waals surface area (Å²) in [5.41, 5.74) is -0.973. The van der Waals surface area contributed by atoms with Gasteiger partial charge in [0.15, 0.2) is 0 Å². The Kier molecular flexibility index (Phi) is 5.13. The summed E-state index contributed by atoms with van der Waals surface area (Å²) >= 11 is 0. The molecule has 1 aliphatic rings. The zero-order valence-electron chi connectivity index (χ0n) is 9.53. The average Bonchev–Trinajstić information content (AvgIpc) is 2.25. The zero-order valence-corrected chi connectivity index (χ0v) is 10.3. The van der Waals surface area contributed by atoms with Gasteiger partial charge in [-0.2, -0.15) is 13.1 Å². The van der Waals surface area contributed by atoms with Crippen molar-refractivity contribution in [3.8, 4) is 0 Å². The highest BCUT2D eigenvalue weighted by Crippen LogP contribution is 2.19. The molecular formula is C9H20N2O4S. The van der Waals surface area contributed by atoms with E-state index < -0.39 is 15.8 Å². The third-order valence-electron chi connectivity index (χ3n) is 2.56. The monoisotopic (exact) mass is 252 g/mol. The third-order valence-corrected chi connectivity index (χ3v) is 3.67. The number of rotatable bonds is 6. The molecule has 0 spiro atoms. The van der Waals surface area contributed by atoms with E-state index in [-0.39, 0.29) is 6.54 Å². The predicted octanol–water partition coefficient (Wildman–Crippen LogP) is -0.638. The molecule has 1 aliphatic heterocycles. The first kappa shape index (κ1) is 13.9. The zero-order chi connectivity index (χ0) is 12.1. The summed E-state index contributed by atoms with van der Waals surface area (Å²) in [4.78, 5) is 0. The summed E-state index contributed by atoms with van der Waals surface area (Å²) in [7, 11) is -3.48. The van der Waals surface area contributed by atoms with E-state index in [9.17, 15) is 13.5 Å². The van der Waals surface area contributed by atoms with Crippen LogP contribution in [0.2, 0.25) is 0 Å². The smallest absolute Gasteiger partial charge is 0.277 e. The maximum atomic E-state index is 11.4. The lowest BCUT2D eigenvalue weighted by molar-refractivity contribution is -0.0589. The fourth-order valence-corrected chi connectivity index (χ4v) is 2.48. The van der Waals surface area contributed by atoms with Crippen LogP contribution in [0.15, 0.2) is 0 Å². The Morgan fingerprint density at radius 3 is 2.50 bits per heavy atom. The molecule has 0 radical (unpaired) electrons. The molecule has 0 unspecified atom stereocenters. The normalized spacial score (nSPS) is 20.9. The average molecular weight is 252 g/mol. The van der Waals surface area contributed by atoms with E-state index in [0.717, 1.165) is 6.42 Å². The van der Waals surface area contributed by atoms with Crippen LogP contribution < -0.4 is 9.44 Å². The van der Waals surface area contributed by atoms with Crippen molar-refractivity contribution in [1.29, 1.82) is 0 Å². The van der Waals surface area contributed by atoms with Crippen molar-refractivity contribution in [3.63, 3.8) is 0 Å². The fraction of sp³-hybridized carbons (Fsp3) is 1.00. The Bertz CT molecular complexity index is 299. The van der Waals surface area contributed by atoms with E-state index >= 15 is 0 Å². The molecule has 0 aliphatic carbocycles. The van der Waals surface area contributed by atoms with Gasteiger partial charge >= 0.3 is 0 Å². The Morgan fingerprint density at radius 2 is 1.94 bits per heavy atom. The van der Waals surface area contributed by atoms with Crippen LogP contribution in [0.3, 0.4) is 0 Å². The van der Waals surface area contributed by atoms with E-state index in [4.69, 9.17) is 4.74 Å². The lowest BCUT2D eigenvalue weighted by Crippen LogP contribution is -2.49. The van der Waals surface area contributed by atoms with Crippen molar-refractivity contribution in [2.24, 2.45) is 0 Å². The molecule has 0 aromatic rings. The minimum Gasteiger partial charge on any atom is -0.388 e. The molecule has 0 amide bonds. The minimum absolute atomic E-state index is 0.0371. The van der Waals surface area contributed by atoms with E-state index in [1.54, 1.807) is 0 Å². The summed E-state index contributed by atoms with van der Waals surface area (Å²) in [6, 6.07) is 0. The molecule has 1 heterocycles. The second-order valence-corrected chi connectivity index (χ2v) is 5.64. The molecule has 7 heteroatoms. The van der Waals surface area contributed by atoms with Crippen LogP contribution >= 0.6 is 0 Å². The van der Waals surface area contributed by atoms with Gasteiger partial charge in [-0.1, -0.05) is 6.92 Å². The van der Waals surface area contributed by atoms with Crippen molar-refractivity contribution in [3.05, 3.63) is 0 Å². The van der Waals surface area contributed by atoms with Gasteiger partial charge in [-0.3, -0.25) is 0 Å². The first-order valence-corrected chi connectivity index (χ1v) is 7.00. The largest absolute Gasteiger partial charge is 0.388 e. The highest BCUT2D eigenvalue weighted by Gasteiger charge is 2.30. The van der Waals surface area contributed by atoms with Gasteiger partial charge in [0.1, 0.15) is 0 Å². The molecule has 0 saturated carbocycles. The number of ether oxygens (including phenoxy) is 1. The van der Waals surface area contributed by atoms with Gasteiger partial charge in [-0.25, -0.2) is 4.72 Å². The molecular weight excluding hydrogens is 232 g/mol. The first-order chi connectivity index (χ1) is 7.47. The lowest BCUT2D eigenvalue weighted by atomic mass is 9.95. The maximum Gasteiger partial charge on any atom is 0.277 e. The van der Waals surface area contributed by atoms with Crippen molar-refractivity contribution in [2.45, 2.75) is 31.8 Å². The molecule has 3 N–H and O–H groups in total. The van der Waals surface area contributed by atoms with Gasteiger partial charge in [0.2, 0.25) is 0 Å². The topological polar surface area (TPSA) is 87.7 Å². The van der Waals surface area contributed by atoms with Crippen molar-refractivity contribution < 1.29 is 18.3 Å². The molecule has 16 heavy (non-hydrogen) atoms. The van der Waals surface area contributed by atoms with Gasteiger partial charge in [0.25, 0.3) is 10.2 Å². The Hall–Kier alpha value is -0.210. The van der Waals surface area contributed by atoms with Crippen LogP contribution in [0.5, 0.6) is 0 Å². The number of aliphatic hydroxyl groups is 1. The van der Waals surface area contributed by atoms with Crippen LogP contribution in [0.1, 0.15) is 26.2 Å². The van der Waals surface area contributed by atoms with E-state index in [2.05, 4.69) is 9.44 Å². The predicted molar refractivity (Wildman–Crippen MR) is 60.2 cm³/mol. The summed E-state index contributed by atoms with van der Waals surface area (Å²) in [5, 5.41) is 10.0. The van der Waals surface area contributed by atoms with Gasteiger partial charge < -0.3 is 9.84 Å². The fourth-order valence-electron chi connectivity index (χ4n) is 1.44. The van der Waals surface area contributed by atoms with Crippen LogP contribution in [0, 0.1) is 0 Å². The van der Waals surface area contributed by atoms with Crippen LogP contribution in [0.25, 0.3) is 0 Å². The summed E-state index contributed by atoms with van der Waals surface area (Å²) in [5.74, 6) is 0. The molecule has 0 aromatic carbocycles. The molecule has 1 saturated heterocycles. The lowest BCUT2D eigenvalue weighted by Gasteiger charge is -2.31. The second kappa shape index (κ2) is 5.92. The standard InChI is InChI=1S/C9H20N2O4S/c1-2-5-10-16(13,14)11-8-9(12)3-6-15-7-4-9/h10-12H,2-8H2,1H3. The summed E-state index contributed by atoms with van der Waals surface area (Å²) in [6.07, 6.45) is 1.66. The number of nitrogens with one attached hydrogen (secondary N) is 2. The number of hydrogen-bond acceptors (Lipinski definition) is 4. The minimum atomic E-state index is -3.48. The van der Waals surface area contributed by atoms with Gasteiger partial charge in [-0.15, -0.1) is 0 Å². The quantitative estimate of drug-likeness (QED) is 0.587. The van der Waals surface area contributed by atoms with Gasteiger partial charge in [0.05, 0.1) is 5.60 Å². The molecule has 0 atom stereocenters. The highest BCUT2D eigenvalue weighted by atomic mass is 32.2. The van der Waals surface area contributed by atoms with Crippen molar-refractivity contribution >= 4 is 10.2 Å². The Labute approximate surface area is 96.6 Å². The molecule has 96 valence electrons. The van der Waals surface area contributed by atoms with Crippen molar-refractivity contribution in [2.75, 3.05) is 26.3 Å². The maximum absolute atomic E-state index is 11.4. The molecule has 6 nitrogen and oxygen atoms in total. The summed E-state index contributed by atoms with van der Waals surface area (Å²) < 4.78 is 32.7. The first-order valence-electron chi connectivity index (χ1n) is 5.52. The van der Waals surface area contributed by atoms with Crippen LogP contribution in [-0.4, -0.2) is 45.4 Å². The van der Waals surface area contributed by atoms with E-state index in [1.165, 1.54) is 0 Å². The van der Waals surface area contributed by atoms with Crippen LogP contribution in [0.4, 0.5) is 0 Å². The molecule has 1 rings (SSSR count). The second-order valence-electron chi connectivity index (χ2n) is 4.06. The third kappa shape index (κ3) is 4.75. The Balaban J connectivity index is 2.37. The molecule has 0 bridgehead atoms. The van der Waals surface area contributed by atoms with E-state index in [1.807, 2.05) is 6.92 Å². The summed E-state index contributed by atoms with van der Waals surface area (Å²) in [6.45, 7) is 3.27.